The molecule has 0 aliphatic carbocycles. The average molecular weight is 629 g/mol. The first-order chi connectivity index (χ1) is 16.3. The van der Waals surface area contributed by atoms with Gasteiger partial charge in [-0.3, -0.25) is 0 Å². The Bertz CT molecular complexity index is 1320. The highest BCUT2D eigenvalue weighted by atomic mass is 127. The van der Waals surface area contributed by atoms with Crippen LogP contribution >= 0.6 is 57.4 Å². The number of carbonyl (C=O) groups is 1. The molecule has 0 unspecified atom stereocenters. The summed E-state index contributed by atoms with van der Waals surface area (Å²) >= 11 is 20.9. The summed E-state index contributed by atoms with van der Waals surface area (Å²) in [6.07, 6.45) is 1.57. The monoisotopic (exact) mass is 627 g/mol. The van der Waals surface area contributed by atoms with E-state index in [2.05, 4.69) is 27.6 Å². The van der Waals surface area contributed by atoms with Crippen molar-refractivity contribution in [3.05, 3.63) is 95.6 Å². The van der Waals surface area contributed by atoms with E-state index in [4.69, 9.17) is 49.0 Å². The van der Waals surface area contributed by atoms with Crippen molar-refractivity contribution in [2.75, 3.05) is 6.61 Å². The van der Waals surface area contributed by atoms with E-state index >= 15 is 0 Å². The van der Waals surface area contributed by atoms with E-state index in [9.17, 15) is 4.79 Å². The van der Waals surface area contributed by atoms with Crippen LogP contribution in [-0.4, -0.2) is 18.5 Å². The molecular weight excluding hydrogens is 612 g/mol. The van der Waals surface area contributed by atoms with Gasteiger partial charge < -0.3 is 14.2 Å². The van der Waals surface area contributed by atoms with Gasteiger partial charge in [0.1, 0.15) is 6.61 Å². The first-order valence-electron chi connectivity index (χ1n) is 10.2. The van der Waals surface area contributed by atoms with Crippen molar-refractivity contribution < 1.29 is 19.0 Å². The summed E-state index contributed by atoms with van der Waals surface area (Å²) in [4.78, 5) is 16.7. The largest absolute Gasteiger partial charge is 0.490 e. The number of hydrogen-bond donors (Lipinski definition) is 0. The number of cyclic esters (lactones) is 1. The van der Waals surface area contributed by atoms with Crippen molar-refractivity contribution in [3.8, 4) is 11.5 Å². The second-order valence-corrected chi connectivity index (χ2v) is 9.64. The van der Waals surface area contributed by atoms with Crippen LogP contribution in [0.25, 0.3) is 6.08 Å². The maximum atomic E-state index is 12.4. The number of aliphatic imine (C=N–C) groups is 1. The minimum atomic E-state index is -0.603. The summed E-state index contributed by atoms with van der Waals surface area (Å²) in [7, 11) is 0. The molecule has 174 valence electrons. The fourth-order valence-corrected chi connectivity index (χ4v) is 4.57. The van der Waals surface area contributed by atoms with Crippen LogP contribution in [0.5, 0.6) is 11.5 Å². The zero-order valence-electron chi connectivity index (χ0n) is 17.8. The summed E-state index contributed by atoms with van der Waals surface area (Å²) in [5.74, 6) is 0.389. The van der Waals surface area contributed by atoms with E-state index in [1.54, 1.807) is 36.4 Å². The van der Waals surface area contributed by atoms with Gasteiger partial charge in [0.25, 0.3) is 0 Å². The van der Waals surface area contributed by atoms with Gasteiger partial charge in [0, 0.05) is 8.59 Å². The van der Waals surface area contributed by atoms with Crippen LogP contribution in [0.4, 0.5) is 0 Å². The molecule has 0 radical (unpaired) electrons. The SMILES string of the molecule is CCOc1cc(/C=C2\N=C(c3ccc(Cl)cc3Cl)OC2=O)cc(Cl)c1OCc1cccc(I)c1. The Morgan fingerprint density at radius 3 is 2.59 bits per heavy atom. The Labute approximate surface area is 225 Å². The summed E-state index contributed by atoms with van der Waals surface area (Å²) in [6.45, 7) is 2.61. The smallest absolute Gasteiger partial charge is 0.363 e. The predicted octanol–water partition coefficient (Wildman–Crippen LogP) is 7.57. The molecule has 0 spiro atoms. The first kappa shape index (κ1) is 24.9. The van der Waals surface area contributed by atoms with Crippen molar-refractivity contribution in [1.82, 2.24) is 0 Å². The Morgan fingerprint density at radius 1 is 1.03 bits per heavy atom. The topological polar surface area (TPSA) is 57.1 Å². The highest BCUT2D eigenvalue weighted by Crippen LogP contribution is 2.38. The highest BCUT2D eigenvalue weighted by molar-refractivity contribution is 14.1. The maximum Gasteiger partial charge on any atom is 0.363 e. The van der Waals surface area contributed by atoms with Gasteiger partial charge in [-0.25, -0.2) is 9.79 Å². The van der Waals surface area contributed by atoms with E-state index in [1.807, 2.05) is 31.2 Å². The summed E-state index contributed by atoms with van der Waals surface area (Å²) in [5.41, 5.74) is 2.18. The fourth-order valence-electron chi connectivity index (χ4n) is 3.20. The Hall–Kier alpha value is -2.26. The number of hydrogen-bond acceptors (Lipinski definition) is 5. The Morgan fingerprint density at radius 2 is 1.85 bits per heavy atom. The quantitative estimate of drug-likeness (QED) is 0.154. The number of benzene rings is 3. The molecule has 0 amide bonds. The molecule has 3 aromatic rings. The normalized spacial score (nSPS) is 14.2. The third-order valence-corrected chi connectivity index (χ3v) is 6.19. The van der Waals surface area contributed by atoms with Crippen molar-refractivity contribution in [3.63, 3.8) is 0 Å². The number of ether oxygens (including phenoxy) is 3. The van der Waals surface area contributed by atoms with E-state index in [1.165, 1.54) is 0 Å². The molecule has 0 saturated heterocycles. The number of halogens is 4. The van der Waals surface area contributed by atoms with Gasteiger partial charge in [-0.1, -0.05) is 46.9 Å². The maximum absolute atomic E-state index is 12.4. The molecule has 9 heteroatoms. The number of esters is 1. The molecule has 1 aliphatic rings. The van der Waals surface area contributed by atoms with Crippen LogP contribution in [0.1, 0.15) is 23.6 Å². The number of nitrogens with zero attached hydrogens (tertiary/aromatic N) is 1. The van der Waals surface area contributed by atoms with Crippen LogP contribution in [0.2, 0.25) is 15.1 Å². The average Bonchev–Trinajstić information content (AvgIpc) is 3.13. The minimum absolute atomic E-state index is 0.103. The van der Waals surface area contributed by atoms with Gasteiger partial charge in [0.15, 0.2) is 17.2 Å². The van der Waals surface area contributed by atoms with Gasteiger partial charge >= 0.3 is 5.97 Å². The third kappa shape index (κ3) is 5.86. The lowest BCUT2D eigenvalue weighted by Crippen LogP contribution is -2.06. The standard InChI is InChI=1S/C25H17Cl3INO4/c1-2-32-22-11-15(9-20(28)23(22)33-13-14-4-3-5-17(29)8-14)10-21-25(31)34-24(30-21)18-7-6-16(26)12-19(18)27/h3-12H,2,13H2,1H3/b21-10-. The second-order valence-electron chi connectivity index (χ2n) is 7.14. The Kier molecular flexibility index (Phi) is 8.03. The molecule has 1 aliphatic heterocycles. The van der Waals surface area contributed by atoms with Gasteiger partial charge in [0.2, 0.25) is 5.90 Å². The molecule has 4 rings (SSSR count). The van der Waals surface area contributed by atoms with Crippen molar-refractivity contribution in [2.24, 2.45) is 4.99 Å². The van der Waals surface area contributed by atoms with Crippen LogP contribution < -0.4 is 9.47 Å². The van der Waals surface area contributed by atoms with Gasteiger partial charge in [-0.05, 0) is 89.2 Å². The third-order valence-electron chi connectivity index (χ3n) is 4.69. The van der Waals surface area contributed by atoms with Crippen LogP contribution in [0.15, 0.2) is 65.3 Å². The summed E-state index contributed by atoms with van der Waals surface area (Å²) < 4.78 is 18.2. The number of rotatable bonds is 7. The van der Waals surface area contributed by atoms with Crippen molar-refractivity contribution in [1.29, 1.82) is 0 Å². The molecule has 1 heterocycles. The van der Waals surface area contributed by atoms with Gasteiger partial charge in [0.05, 0.1) is 22.2 Å². The molecule has 5 nitrogen and oxygen atoms in total. The minimum Gasteiger partial charge on any atom is -0.490 e. The van der Waals surface area contributed by atoms with Crippen LogP contribution in [-0.2, 0) is 16.1 Å². The van der Waals surface area contributed by atoms with E-state index in [0.717, 1.165) is 9.13 Å². The molecular formula is C25H17Cl3INO4. The van der Waals surface area contributed by atoms with Crippen molar-refractivity contribution in [2.45, 2.75) is 13.5 Å². The highest BCUT2D eigenvalue weighted by Gasteiger charge is 2.26. The molecule has 34 heavy (non-hydrogen) atoms. The van der Waals surface area contributed by atoms with Crippen LogP contribution in [0, 0.1) is 3.57 Å². The summed E-state index contributed by atoms with van der Waals surface area (Å²) in [6, 6.07) is 16.2. The van der Waals surface area contributed by atoms with Gasteiger partial charge in [-0.15, -0.1) is 0 Å². The van der Waals surface area contributed by atoms with Crippen molar-refractivity contribution >= 4 is 75.3 Å². The first-order valence-corrected chi connectivity index (χ1v) is 12.4. The Balaban J connectivity index is 1.62. The lowest BCUT2D eigenvalue weighted by atomic mass is 10.1. The zero-order chi connectivity index (χ0) is 24.2. The van der Waals surface area contributed by atoms with E-state index in [-0.39, 0.29) is 11.6 Å². The molecule has 0 saturated carbocycles. The van der Waals surface area contributed by atoms with Crippen LogP contribution in [0.3, 0.4) is 0 Å². The fraction of sp³-hybridized carbons (Fsp3) is 0.120. The predicted molar refractivity (Wildman–Crippen MR) is 143 cm³/mol. The van der Waals surface area contributed by atoms with E-state index < -0.39 is 5.97 Å². The summed E-state index contributed by atoms with van der Waals surface area (Å²) in [5, 5.41) is 1.15. The lowest BCUT2D eigenvalue weighted by molar-refractivity contribution is -0.129. The molecule has 0 bridgehead atoms. The van der Waals surface area contributed by atoms with E-state index in [0.29, 0.717) is 50.9 Å². The molecule has 0 atom stereocenters. The second kappa shape index (κ2) is 11.0. The molecule has 0 aromatic heterocycles. The lowest BCUT2D eigenvalue weighted by Gasteiger charge is -2.15. The van der Waals surface area contributed by atoms with Gasteiger partial charge in [-0.2, -0.15) is 0 Å². The molecule has 0 N–H and O–H groups in total. The number of carbonyl (C=O) groups excluding carboxylic acids is 1. The molecule has 3 aromatic carbocycles. The molecule has 0 fully saturated rings. The zero-order valence-corrected chi connectivity index (χ0v) is 22.2.